The van der Waals surface area contributed by atoms with Gasteiger partial charge in [0.1, 0.15) is 0 Å². The van der Waals surface area contributed by atoms with Gasteiger partial charge in [0.2, 0.25) is 0 Å². The van der Waals surface area contributed by atoms with E-state index in [0.29, 0.717) is 17.5 Å². The van der Waals surface area contributed by atoms with Gasteiger partial charge in [-0.2, -0.15) is 0 Å². The Labute approximate surface area is 226 Å². The number of nitrogens with zero attached hydrogens (tertiary/aromatic N) is 1. The van der Waals surface area contributed by atoms with E-state index in [0.717, 1.165) is 25.7 Å². The van der Waals surface area contributed by atoms with Gasteiger partial charge in [-0.05, 0) is 38.5 Å². The summed E-state index contributed by atoms with van der Waals surface area (Å²) in [6.07, 6.45) is 32.9. The van der Waals surface area contributed by atoms with E-state index in [1.54, 1.807) is 0 Å². The molecule has 0 saturated heterocycles. The van der Waals surface area contributed by atoms with Crippen molar-refractivity contribution in [2.45, 2.75) is 161 Å². The van der Waals surface area contributed by atoms with E-state index < -0.39 is 7.60 Å². The summed E-state index contributed by atoms with van der Waals surface area (Å²) in [5.41, 5.74) is 0. The normalized spacial score (nSPS) is 14.9. The summed E-state index contributed by atoms with van der Waals surface area (Å²) in [7, 11) is 2.32. The molecule has 0 amide bonds. The van der Waals surface area contributed by atoms with Crippen LogP contribution in [-0.2, 0) is 9.09 Å². The number of allylic oxidation sites excluding steroid dienone is 2. The summed E-state index contributed by atoms with van der Waals surface area (Å²) in [5.74, 6) is -0.345. The lowest BCUT2D eigenvalue weighted by Gasteiger charge is -2.35. The van der Waals surface area contributed by atoms with Crippen LogP contribution in [0.5, 0.6) is 0 Å². The summed E-state index contributed by atoms with van der Waals surface area (Å²) >= 11 is 0. The Morgan fingerprint density at radius 1 is 0.639 bits per heavy atom. The lowest BCUT2D eigenvalue weighted by atomic mass is 10.0. The summed E-state index contributed by atoms with van der Waals surface area (Å²) in [5, 5.41) is 0. The molecule has 0 heterocycles. The van der Waals surface area contributed by atoms with E-state index >= 15 is 0 Å². The number of unbranched alkanes of at least 4 members (excludes halogenated alkanes) is 18. The molecule has 0 aliphatic heterocycles. The molecule has 0 aromatic carbocycles. The maximum absolute atomic E-state index is 12.7. The zero-order valence-electron chi connectivity index (χ0n) is 25.2. The van der Waals surface area contributed by atoms with Gasteiger partial charge in [0.25, 0.3) is 0 Å². The molecule has 5 heteroatoms. The summed E-state index contributed by atoms with van der Waals surface area (Å²) in [6.45, 7) is 4.72. The maximum atomic E-state index is 12.7. The van der Waals surface area contributed by atoms with Crippen LogP contribution in [0.4, 0.5) is 0 Å². The second-order valence-corrected chi connectivity index (χ2v) is 13.8. The molecule has 0 aliphatic carbocycles. The van der Waals surface area contributed by atoms with Crippen molar-refractivity contribution in [3.05, 3.63) is 12.2 Å². The van der Waals surface area contributed by atoms with E-state index in [4.69, 9.17) is 4.52 Å². The molecule has 4 nitrogen and oxygen atoms in total. The summed E-state index contributed by atoms with van der Waals surface area (Å²) in [4.78, 5) is 10.4. The molecule has 0 saturated carbocycles. The molecule has 0 aliphatic rings. The van der Waals surface area contributed by atoms with Crippen LogP contribution >= 0.6 is 7.60 Å². The predicted octanol–water partition coefficient (Wildman–Crippen LogP) is 10.4. The lowest BCUT2D eigenvalue weighted by Crippen LogP contribution is -2.45. The molecular weight excluding hydrogens is 465 g/mol. The van der Waals surface area contributed by atoms with Crippen LogP contribution < -0.4 is 0 Å². The molecule has 0 aromatic heterocycles. The maximum Gasteiger partial charge on any atom is 0.385 e. The van der Waals surface area contributed by atoms with Gasteiger partial charge in [-0.25, -0.2) is 0 Å². The number of quaternary nitrogens is 1. The van der Waals surface area contributed by atoms with Gasteiger partial charge in [-0.3, -0.25) is 4.57 Å². The first kappa shape index (κ1) is 35.9. The van der Waals surface area contributed by atoms with Gasteiger partial charge in [-0.15, -0.1) is 0 Å². The first-order valence-corrected chi connectivity index (χ1v) is 17.3. The van der Waals surface area contributed by atoms with Crippen molar-refractivity contribution in [2.75, 3.05) is 27.7 Å². The third-order valence-corrected chi connectivity index (χ3v) is 9.51. The van der Waals surface area contributed by atoms with Gasteiger partial charge in [0.05, 0.1) is 27.7 Å². The Balaban J connectivity index is 3.47. The van der Waals surface area contributed by atoms with E-state index in [1.807, 2.05) is 21.1 Å². The topological polar surface area (TPSA) is 46.5 Å². The first-order valence-electron chi connectivity index (χ1n) is 15.7. The van der Waals surface area contributed by atoms with Crippen molar-refractivity contribution >= 4 is 7.60 Å². The average Bonchev–Trinajstić information content (AvgIpc) is 2.82. The van der Waals surface area contributed by atoms with Crippen LogP contribution in [0.15, 0.2) is 12.2 Å². The van der Waals surface area contributed by atoms with Gasteiger partial charge in [0, 0.05) is 6.42 Å². The quantitative estimate of drug-likeness (QED) is 0.0497. The highest BCUT2D eigenvalue weighted by molar-refractivity contribution is 7.53. The highest BCUT2D eigenvalue weighted by Gasteiger charge is 2.41. The van der Waals surface area contributed by atoms with Crippen LogP contribution in [0.2, 0.25) is 0 Å². The van der Waals surface area contributed by atoms with Crippen molar-refractivity contribution in [1.29, 1.82) is 0 Å². The Morgan fingerprint density at radius 2 is 1.03 bits per heavy atom. The molecule has 0 spiro atoms. The van der Waals surface area contributed by atoms with Gasteiger partial charge in [-0.1, -0.05) is 122 Å². The molecule has 0 rings (SSSR count). The van der Waals surface area contributed by atoms with Crippen molar-refractivity contribution in [1.82, 2.24) is 0 Å². The Kier molecular flexibility index (Phi) is 23.8. The van der Waals surface area contributed by atoms with Crippen LogP contribution in [0.25, 0.3) is 0 Å². The smallest absolute Gasteiger partial charge is 0.320 e. The van der Waals surface area contributed by atoms with Gasteiger partial charge in [0.15, 0.2) is 5.78 Å². The largest absolute Gasteiger partial charge is 0.385 e. The number of rotatable bonds is 27. The standard InChI is InChI=1S/C31H64NO3P/c1-6-8-9-10-11-12-13-14-15-16-17-18-19-20-21-22-23-24-25-26-27-28-30-35-36(33,34)31(29-7-2)32(3,4)5/h24-25,31H,6-23,26-30H2,1-5H3/p+1/b25-24-. The third-order valence-electron chi connectivity index (χ3n) is 7.25. The minimum atomic E-state index is -3.58. The van der Waals surface area contributed by atoms with Crippen LogP contribution in [0, 0.1) is 0 Å². The molecule has 2 unspecified atom stereocenters. The van der Waals surface area contributed by atoms with Gasteiger partial charge >= 0.3 is 7.60 Å². The Bertz CT molecular complexity index is 544. The van der Waals surface area contributed by atoms with E-state index in [2.05, 4.69) is 26.0 Å². The molecule has 1 N–H and O–H groups in total. The van der Waals surface area contributed by atoms with E-state index in [9.17, 15) is 9.46 Å². The van der Waals surface area contributed by atoms with Crippen molar-refractivity contribution < 1.29 is 18.5 Å². The third kappa shape index (κ3) is 21.9. The fraction of sp³-hybridized carbons (Fsp3) is 0.935. The van der Waals surface area contributed by atoms with Crippen LogP contribution in [0.1, 0.15) is 155 Å². The Morgan fingerprint density at radius 3 is 1.42 bits per heavy atom. The van der Waals surface area contributed by atoms with Crippen molar-refractivity contribution in [3.8, 4) is 0 Å². The van der Waals surface area contributed by atoms with Crippen molar-refractivity contribution in [2.24, 2.45) is 0 Å². The summed E-state index contributed by atoms with van der Waals surface area (Å²) < 4.78 is 18.6. The molecular formula is C31H65NO3P+. The molecule has 0 fully saturated rings. The first-order chi connectivity index (χ1) is 17.3. The van der Waals surface area contributed by atoms with Crippen LogP contribution in [0.3, 0.4) is 0 Å². The fourth-order valence-corrected chi connectivity index (χ4v) is 6.96. The molecule has 36 heavy (non-hydrogen) atoms. The van der Waals surface area contributed by atoms with Crippen molar-refractivity contribution in [3.63, 3.8) is 0 Å². The second-order valence-electron chi connectivity index (χ2n) is 11.8. The molecule has 0 bridgehead atoms. The van der Waals surface area contributed by atoms with Gasteiger partial charge < -0.3 is 13.9 Å². The highest BCUT2D eigenvalue weighted by atomic mass is 31.2. The lowest BCUT2D eigenvalue weighted by molar-refractivity contribution is -0.883. The SMILES string of the molecule is CCCCCCCCCCCCCCCCCC/C=C\CCCCOP(=O)(O)C(CCC)[N+](C)(C)C. The van der Waals surface area contributed by atoms with E-state index in [-0.39, 0.29) is 5.78 Å². The summed E-state index contributed by atoms with van der Waals surface area (Å²) in [6, 6.07) is 0. The molecule has 2 atom stereocenters. The minimum Gasteiger partial charge on any atom is -0.320 e. The highest BCUT2D eigenvalue weighted by Crippen LogP contribution is 2.51. The minimum absolute atomic E-state index is 0.345. The number of hydrogen-bond acceptors (Lipinski definition) is 2. The molecule has 0 aromatic rings. The second kappa shape index (κ2) is 23.9. The zero-order valence-corrected chi connectivity index (χ0v) is 26.0. The average molecular weight is 531 g/mol. The van der Waals surface area contributed by atoms with E-state index in [1.165, 1.54) is 109 Å². The fourth-order valence-electron chi connectivity index (χ4n) is 4.94. The molecule has 0 radical (unpaired) electrons. The molecule has 216 valence electrons. The monoisotopic (exact) mass is 530 g/mol. The number of hydrogen-bond donors (Lipinski definition) is 1. The van der Waals surface area contributed by atoms with Crippen LogP contribution in [-0.4, -0.2) is 42.9 Å². The zero-order chi connectivity index (χ0) is 27.0. The predicted molar refractivity (Wildman–Crippen MR) is 160 cm³/mol. The Hall–Kier alpha value is -0.150.